The molecule has 11 atom stereocenters. The molecule has 50 heavy (non-hydrogen) atoms. The van der Waals surface area contributed by atoms with Crippen LogP contribution in [0.4, 0.5) is 0 Å². The van der Waals surface area contributed by atoms with Gasteiger partial charge in [-0.05, 0) is 173 Å². The number of rotatable bonds is 2. The van der Waals surface area contributed by atoms with E-state index in [2.05, 4.69) is 111 Å². The zero-order valence-corrected chi connectivity index (χ0v) is 37.9. The molecular weight excluding hydrogens is 916 g/mol. The van der Waals surface area contributed by atoms with Gasteiger partial charge in [-0.15, -0.1) is 6.42 Å². The number of hydrogen-bond donors (Lipinski definition) is 1. The maximum absolute atomic E-state index is 12.8. The van der Waals surface area contributed by atoms with Gasteiger partial charge in [0.1, 0.15) is 0 Å². The van der Waals surface area contributed by atoms with E-state index in [1.807, 2.05) is 0 Å². The summed E-state index contributed by atoms with van der Waals surface area (Å²) in [5.74, 6) is 8.71. The molecule has 2 nitrogen and oxygen atoms in total. The summed E-state index contributed by atoms with van der Waals surface area (Å²) >= 11 is 4.74. The molecule has 270 valence electrons. The van der Waals surface area contributed by atoms with E-state index in [1.54, 1.807) is 16.7 Å². The van der Waals surface area contributed by atoms with E-state index < -0.39 is 5.60 Å². The van der Waals surface area contributed by atoms with Crippen LogP contribution in [0.2, 0.25) is 0 Å². The molecule has 0 aromatic carbocycles. The number of halogens is 2. The molecule has 1 N–H and O–H groups in total. The van der Waals surface area contributed by atoms with E-state index in [0.29, 0.717) is 33.0 Å². The van der Waals surface area contributed by atoms with Crippen molar-refractivity contribution in [2.75, 3.05) is 0 Å². The second kappa shape index (κ2) is 16.5. The Morgan fingerprint density at radius 2 is 1.38 bits per heavy atom. The zero-order chi connectivity index (χ0) is 35.3. The minimum absolute atomic E-state index is 0. The van der Waals surface area contributed by atoms with E-state index in [4.69, 9.17) is 6.42 Å². The number of Topliss-reactive ketones (excluding diaryl/α,β-unsaturated/α-hetero) is 1. The second-order valence-electron chi connectivity index (χ2n) is 17.0. The molecule has 0 heterocycles. The van der Waals surface area contributed by atoms with Gasteiger partial charge in [0, 0.05) is 29.4 Å². The van der Waals surface area contributed by atoms with Crippen molar-refractivity contribution in [1.82, 2.24) is 0 Å². The molecule has 0 aliphatic heterocycles. The summed E-state index contributed by atoms with van der Waals surface area (Å²) in [4.78, 5) is 12.8. The van der Waals surface area contributed by atoms with Crippen molar-refractivity contribution in [3.05, 3.63) is 70.9 Å². The molecule has 8 aliphatic rings. The van der Waals surface area contributed by atoms with E-state index >= 15 is 0 Å². The van der Waals surface area contributed by atoms with Gasteiger partial charge >= 0.3 is 49.4 Å². The Bertz CT molecular complexity index is 1530. The van der Waals surface area contributed by atoms with Gasteiger partial charge in [0.25, 0.3) is 0 Å². The molecule has 1 radical (unpaired) electrons. The van der Waals surface area contributed by atoms with Crippen molar-refractivity contribution in [2.45, 2.75) is 123 Å². The van der Waals surface area contributed by atoms with Gasteiger partial charge in [-0.25, -0.2) is 0 Å². The Morgan fingerprint density at radius 3 is 1.88 bits per heavy atom. The molecule has 0 aromatic rings. The van der Waals surface area contributed by atoms with Gasteiger partial charge in [-0.2, -0.15) is 0 Å². The second-order valence-corrected chi connectivity index (χ2v) is 28.8. The van der Waals surface area contributed by atoms with Crippen LogP contribution in [0.1, 0.15) is 118 Å². The number of carbonyl (C=O) groups excluding carboxylic acids is 1. The van der Waals surface area contributed by atoms with E-state index in [-0.39, 0.29) is 29.4 Å². The standard InChI is InChI=1S/C23H30O.C21H28O.2HI.2V/c1-5-22-12-11-19-18-9-7-15(3)13-17(18)8-10-20(19)21(22)14-16(4)23(22,24)6-2;1-4-21-10-9-17-16-7-5-13(2)11-15(16)6-8-18(17)19(21)12-14(3)20(21)22;;;;/h2,8,13,18-21,24H,4-5,7,9-12,14H2,1,3H3;6,11,16-19H,3-5,7-10,12H2,1-2H3;2*1H;;/q;;;;;+2/p-2/t18?,19?,20-,21?,22+,23+;16?,17?,18-,19?,21+;;;;/m11..../s1. The van der Waals surface area contributed by atoms with Crippen LogP contribution in [0, 0.1) is 70.5 Å². The summed E-state index contributed by atoms with van der Waals surface area (Å²) in [5.41, 5.74) is 6.80. The molecule has 4 saturated carbocycles. The first-order chi connectivity index (χ1) is 23.4. The van der Waals surface area contributed by atoms with Gasteiger partial charge in [0.15, 0.2) is 11.4 Å². The molecule has 0 aromatic heterocycles. The maximum Gasteiger partial charge on any atom is 0 e. The Balaban J connectivity index is 0.000000178. The van der Waals surface area contributed by atoms with Crippen molar-refractivity contribution in [3.63, 3.8) is 0 Å². The third kappa shape index (κ3) is 6.76. The molecule has 0 bridgehead atoms. The van der Waals surface area contributed by atoms with Crippen molar-refractivity contribution >= 4 is 45.7 Å². The van der Waals surface area contributed by atoms with Crippen LogP contribution in [-0.4, -0.2) is 16.5 Å². The largest absolute Gasteiger partial charge is 0 e. The first kappa shape index (κ1) is 41.4. The number of allylic oxidation sites excluding steroid dienone is 9. The minimum Gasteiger partial charge on any atom is 0 e. The molecule has 4 fully saturated rings. The summed E-state index contributed by atoms with van der Waals surface area (Å²) in [6, 6.07) is 0. The molecule has 6 unspecified atom stereocenters. The fourth-order valence-corrected chi connectivity index (χ4v) is 13.1. The Morgan fingerprint density at radius 1 is 0.860 bits per heavy atom. The summed E-state index contributed by atoms with van der Waals surface area (Å²) in [6.07, 6.45) is 31.7. The Hall–Kier alpha value is 0.259. The van der Waals surface area contributed by atoms with Crippen LogP contribution in [0.5, 0.6) is 0 Å². The van der Waals surface area contributed by atoms with Gasteiger partial charge in [-0.3, -0.25) is 4.79 Å². The monoisotopic (exact) mass is 974 g/mol. The number of carbonyl (C=O) groups is 1. The first-order valence-electron chi connectivity index (χ1n) is 19.2. The van der Waals surface area contributed by atoms with Crippen molar-refractivity contribution < 1.29 is 37.9 Å². The Labute approximate surface area is 344 Å². The molecular formula is C44H58I2O2V2. The van der Waals surface area contributed by atoms with Crippen molar-refractivity contribution in [2.24, 2.45) is 58.2 Å². The molecule has 6 heteroatoms. The fraction of sp³-hybridized carbons (Fsp3) is 0.659. The number of aliphatic hydroxyl groups is 1. The predicted octanol–water partition coefficient (Wildman–Crippen LogP) is 12.0. The van der Waals surface area contributed by atoms with Gasteiger partial charge in [-0.1, -0.05) is 68.4 Å². The van der Waals surface area contributed by atoms with Crippen LogP contribution in [0.15, 0.2) is 70.9 Å². The Kier molecular flexibility index (Phi) is 13.7. The number of hydrogen-bond acceptors (Lipinski definition) is 2. The average molecular weight is 975 g/mol. The smallest absolute Gasteiger partial charge is 0 e. The van der Waals surface area contributed by atoms with Crippen LogP contribution in [0.3, 0.4) is 0 Å². The van der Waals surface area contributed by atoms with Crippen LogP contribution in [0.25, 0.3) is 0 Å². The number of terminal acetylenes is 1. The normalized spacial score (nSPS) is 42.2. The fourth-order valence-electron chi connectivity index (χ4n) is 13.1. The topological polar surface area (TPSA) is 37.3 Å². The number of ketones is 1. The quantitative estimate of drug-likeness (QED) is 0.130. The SMILES string of the molecule is C#C[C@]1(O)C(=C)CC2[C@@H]3CC=C4C=C(C)CCC4C3CC[C@@]21CC.C=C1CC2[C@@H]3CC=C4C=C(C)CCC4C3CC[C@]2(CC)C1=O.[I][V][I].[V]. The third-order valence-electron chi connectivity index (χ3n) is 15.5. The van der Waals surface area contributed by atoms with Crippen molar-refractivity contribution in [1.29, 1.82) is 0 Å². The predicted molar refractivity (Wildman–Crippen MR) is 218 cm³/mol. The average Bonchev–Trinajstić information content (AvgIpc) is 3.50. The molecule has 8 rings (SSSR count). The first-order valence-corrected chi connectivity index (χ1v) is 28.2. The van der Waals surface area contributed by atoms with Crippen LogP contribution < -0.4 is 0 Å². The van der Waals surface area contributed by atoms with Gasteiger partial charge < -0.3 is 5.11 Å². The number of fused-ring (bicyclic) bond motifs is 10. The summed E-state index contributed by atoms with van der Waals surface area (Å²) in [5, 5.41) is 11.3. The van der Waals surface area contributed by atoms with E-state index in [9.17, 15) is 9.90 Å². The maximum atomic E-state index is 12.8. The van der Waals surface area contributed by atoms with Crippen LogP contribution in [-0.2, 0) is 32.8 Å². The van der Waals surface area contributed by atoms with Gasteiger partial charge in [0.05, 0.1) is 0 Å². The van der Waals surface area contributed by atoms with E-state index in [1.165, 1.54) is 50.5 Å². The summed E-state index contributed by atoms with van der Waals surface area (Å²) < 4.78 is 0. The van der Waals surface area contributed by atoms with Crippen molar-refractivity contribution in [3.8, 4) is 12.3 Å². The minimum atomic E-state index is -1.09. The van der Waals surface area contributed by atoms with E-state index in [0.717, 1.165) is 85.7 Å². The molecule has 0 spiro atoms. The molecule has 8 aliphatic carbocycles. The summed E-state index contributed by atoms with van der Waals surface area (Å²) in [6.45, 7) is 17.3. The molecule has 0 amide bonds. The van der Waals surface area contributed by atoms with Crippen LogP contribution >= 0.6 is 40.0 Å². The van der Waals surface area contributed by atoms with Gasteiger partial charge in [0.2, 0.25) is 0 Å². The molecule has 0 saturated heterocycles. The zero-order valence-electron chi connectivity index (χ0n) is 30.8. The third-order valence-corrected chi connectivity index (χ3v) is 15.5. The summed E-state index contributed by atoms with van der Waals surface area (Å²) in [7, 11) is 0.628.